The van der Waals surface area contributed by atoms with Crippen molar-refractivity contribution in [1.82, 2.24) is 4.90 Å². The number of aliphatic hydroxyl groups excluding tert-OH is 1. The zero-order chi connectivity index (χ0) is 14.0. The van der Waals surface area contributed by atoms with E-state index in [4.69, 9.17) is 0 Å². The molecule has 0 spiro atoms. The first-order chi connectivity index (χ1) is 9.02. The van der Waals surface area contributed by atoms with E-state index in [0.29, 0.717) is 6.54 Å². The molecule has 1 heterocycles. The first-order valence-corrected chi connectivity index (χ1v) is 6.86. The van der Waals surface area contributed by atoms with Crippen molar-refractivity contribution < 1.29 is 9.90 Å². The Morgan fingerprint density at radius 1 is 1.47 bits per heavy atom. The van der Waals surface area contributed by atoms with Crippen LogP contribution < -0.4 is 5.32 Å². The molecule has 2 unspecified atom stereocenters. The van der Waals surface area contributed by atoms with Crippen molar-refractivity contribution in [3.8, 4) is 0 Å². The maximum atomic E-state index is 11.5. The van der Waals surface area contributed by atoms with Crippen LogP contribution in [0.25, 0.3) is 0 Å². The molecule has 0 aliphatic carbocycles. The van der Waals surface area contributed by atoms with Crippen LogP contribution in [0.2, 0.25) is 0 Å². The molecule has 2 rings (SSSR count). The van der Waals surface area contributed by atoms with Crippen molar-refractivity contribution in [3.63, 3.8) is 0 Å². The number of anilines is 1. The van der Waals surface area contributed by atoms with E-state index >= 15 is 0 Å². The van der Waals surface area contributed by atoms with Crippen molar-refractivity contribution in [3.05, 3.63) is 29.3 Å². The molecule has 2 N–H and O–H groups in total. The number of nitrogens with zero attached hydrogens (tertiary/aromatic N) is 1. The van der Waals surface area contributed by atoms with Gasteiger partial charge in [-0.1, -0.05) is 26.3 Å². The molecule has 0 radical (unpaired) electrons. The van der Waals surface area contributed by atoms with Crippen LogP contribution in [-0.4, -0.2) is 23.1 Å². The molecule has 1 aromatic rings. The Morgan fingerprint density at radius 3 is 2.89 bits per heavy atom. The lowest BCUT2D eigenvalue weighted by Crippen LogP contribution is -2.35. The molecule has 4 heteroatoms. The second-order valence-corrected chi connectivity index (χ2v) is 5.41. The van der Waals surface area contributed by atoms with E-state index in [9.17, 15) is 9.90 Å². The van der Waals surface area contributed by atoms with Gasteiger partial charge in [-0.2, -0.15) is 0 Å². The molecule has 1 aliphatic heterocycles. The molecule has 0 fully saturated rings. The molecule has 19 heavy (non-hydrogen) atoms. The zero-order valence-corrected chi connectivity index (χ0v) is 11.8. The molecule has 104 valence electrons. The summed E-state index contributed by atoms with van der Waals surface area (Å²) in [5.41, 5.74) is 2.84. The predicted octanol–water partition coefficient (Wildman–Crippen LogP) is 3.13. The van der Waals surface area contributed by atoms with Crippen LogP contribution in [0.15, 0.2) is 18.2 Å². The Morgan fingerprint density at radius 2 is 2.21 bits per heavy atom. The van der Waals surface area contributed by atoms with E-state index in [2.05, 4.69) is 19.2 Å². The number of benzene rings is 1. The number of hydrogen-bond acceptors (Lipinski definition) is 2. The van der Waals surface area contributed by atoms with E-state index in [1.807, 2.05) is 18.2 Å². The minimum absolute atomic E-state index is 0.0832. The smallest absolute Gasteiger partial charge is 0.321 e. The quantitative estimate of drug-likeness (QED) is 0.876. The number of nitrogens with one attached hydrogen (secondary N) is 1. The molecule has 2 atom stereocenters. The summed E-state index contributed by atoms with van der Waals surface area (Å²) < 4.78 is 0. The van der Waals surface area contributed by atoms with E-state index < -0.39 is 6.10 Å². The van der Waals surface area contributed by atoms with Crippen LogP contribution in [-0.2, 0) is 6.54 Å². The summed E-state index contributed by atoms with van der Waals surface area (Å²) in [7, 11) is 1.76. The Balaban J connectivity index is 2.21. The van der Waals surface area contributed by atoms with Gasteiger partial charge in [0.05, 0.1) is 6.10 Å². The third-order valence-corrected chi connectivity index (χ3v) is 3.75. The summed E-state index contributed by atoms with van der Waals surface area (Å²) in [6.45, 7) is 4.78. The molecule has 0 saturated heterocycles. The molecular formula is C15H22N2O2. The van der Waals surface area contributed by atoms with E-state index in [1.165, 1.54) is 0 Å². The lowest BCUT2D eigenvalue weighted by Gasteiger charge is -2.27. The summed E-state index contributed by atoms with van der Waals surface area (Å²) in [4.78, 5) is 13.2. The molecule has 0 saturated carbocycles. The van der Waals surface area contributed by atoms with Crippen molar-refractivity contribution in [2.45, 2.75) is 39.3 Å². The molecule has 2 amide bonds. The van der Waals surface area contributed by atoms with Crippen LogP contribution in [0.4, 0.5) is 10.5 Å². The largest absolute Gasteiger partial charge is 0.388 e. The van der Waals surface area contributed by atoms with Crippen LogP contribution in [0, 0.1) is 5.92 Å². The van der Waals surface area contributed by atoms with Gasteiger partial charge < -0.3 is 15.3 Å². The molecule has 0 aromatic heterocycles. The van der Waals surface area contributed by atoms with Crippen molar-refractivity contribution in [2.75, 3.05) is 12.4 Å². The second kappa shape index (κ2) is 5.61. The Bertz CT molecular complexity index is 473. The number of fused-ring (bicyclic) bond motifs is 1. The SMILES string of the molecule is CCCC(C)C(O)c1ccc2c(c1)CN(C)C(=O)N2. The number of aliphatic hydroxyl groups is 1. The van der Waals surface area contributed by atoms with Crippen LogP contribution in [0.3, 0.4) is 0 Å². The van der Waals surface area contributed by atoms with E-state index in [0.717, 1.165) is 29.7 Å². The summed E-state index contributed by atoms with van der Waals surface area (Å²) in [6.07, 6.45) is 1.64. The standard InChI is InChI=1S/C15H22N2O2/c1-4-5-10(2)14(18)11-6-7-13-12(8-11)9-17(3)15(19)16-13/h6-8,10,14,18H,4-5,9H2,1-3H3,(H,16,19). The lowest BCUT2D eigenvalue weighted by molar-refractivity contribution is 0.112. The Hall–Kier alpha value is -1.55. The molecule has 0 bridgehead atoms. The second-order valence-electron chi connectivity index (χ2n) is 5.41. The molecule has 4 nitrogen and oxygen atoms in total. The highest BCUT2D eigenvalue weighted by Crippen LogP contribution is 2.30. The molecular weight excluding hydrogens is 240 g/mol. The van der Waals surface area contributed by atoms with Crippen LogP contribution in [0.1, 0.15) is 43.9 Å². The number of urea groups is 1. The third-order valence-electron chi connectivity index (χ3n) is 3.75. The van der Waals surface area contributed by atoms with Crippen molar-refractivity contribution >= 4 is 11.7 Å². The zero-order valence-electron chi connectivity index (χ0n) is 11.8. The first kappa shape index (κ1) is 13.9. The summed E-state index contributed by atoms with van der Waals surface area (Å²) in [5.74, 6) is 0.249. The van der Waals surface area contributed by atoms with Gasteiger partial charge in [0.25, 0.3) is 0 Å². The molecule has 1 aliphatic rings. The number of carbonyl (C=O) groups is 1. The summed E-state index contributed by atoms with van der Waals surface area (Å²) >= 11 is 0. The first-order valence-electron chi connectivity index (χ1n) is 6.86. The number of rotatable bonds is 4. The normalized spacial score (nSPS) is 17.7. The van der Waals surface area contributed by atoms with Crippen molar-refractivity contribution in [2.24, 2.45) is 5.92 Å². The molecule has 1 aromatic carbocycles. The predicted molar refractivity (Wildman–Crippen MR) is 76.0 cm³/mol. The van der Waals surface area contributed by atoms with Crippen LogP contribution >= 0.6 is 0 Å². The highest BCUT2D eigenvalue weighted by molar-refractivity contribution is 5.92. The fraction of sp³-hybridized carbons (Fsp3) is 0.533. The van der Waals surface area contributed by atoms with Crippen LogP contribution in [0.5, 0.6) is 0 Å². The Kier molecular flexibility index (Phi) is 4.10. The van der Waals surface area contributed by atoms with Gasteiger partial charge >= 0.3 is 6.03 Å². The average Bonchev–Trinajstić information content (AvgIpc) is 2.39. The van der Waals surface area contributed by atoms with E-state index in [-0.39, 0.29) is 11.9 Å². The summed E-state index contributed by atoms with van der Waals surface area (Å²) in [5, 5.41) is 13.2. The van der Waals surface area contributed by atoms with E-state index in [1.54, 1.807) is 11.9 Å². The monoisotopic (exact) mass is 262 g/mol. The van der Waals surface area contributed by atoms with Crippen molar-refractivity contribution in [1.29, 1.82) is 0 Å². The number of hydrogen-bond donors (Lipinski definition) is 2. The Labute approximate surface area is 114 Å². The minimum Gasteiger partial charge on any atom is -0.388 e. The van der Waals surface area contributed by atoms with Gasteiger partial charge in [0.1, 0.15) is 0 Å². The lowest BCUT2D eigenvalue weighted by atomic mass is 9.92. The number of amides is 2. The fourth-order valence-electron chi connectivity index (χ4n) is 2.53. The topological polar surface area (TPSA) is 52.6 Å². The van der Waals surface area contributed by atoms with Gasteiger partial charge in [0, 0.05) is 19.3 Å². The maximum Gasteiger partial charge on any atom is 0.321 e. The van der Waals surface area contributed by atoms with Gasteiger partial charge in [-0.05, 0) is 35.6 Å². The van der Waals surface area contributed by atoms with Gasteiger partial charge in [0.15, 0.2) is 0 Å². The van der Waals surface area contributed by atoms with Gasteiger partial charge in [-0.25, -0.2) is 4.79 Å². The highest BCUT2D eigenvalue weighted by Gasteiger charge is 2.22. The third kappa shape index (κ3) is 2.89. The van der Waals surface area contributed by atoms with Gasteiger partial charge in [-0.3, -0.25) is 0 Å². The maximum absolute atomic E-state index is 11.5. The number of carbonyl (C=O) groups excluding carboxylic acids is 1. The average molecular weight is 262 g/mol. The summed E-state index contributed by atoms with van der Waals surface area (Å²) in [6, 6.07) is 5.71. The minimum atomic E-state index is -0.437. The fourth-order valence-corrected chi connectivity index (χ4v) is 2.53. The van der Waals surface area contributed by atoms with Gasteiger partial charge in [0.2, 0.25) is 0 Å². The van der Waals surface area contributed by atoms with Gasteiger partial charge in [-0.15, -0.1) is 0 Å². The highest BCUT2D eigenvalue weighted by atomic mass is 16.3.